The van der Waals surface area contributed by atoms with Crippen LogP contribution in [0.3, 0.4) is 0 Å². The number of ether oxygens (including phenoxy) is 1. The minimum absolute atomic E-state index is 0.0304. The fourth-order valence-corrected chi connectivity index (χ4v) is 4.13. The number of carbonyl (C=O) groups is 1. The van der Waals surface area contributed by atoms with Crippen LogP contribution in [0.1, 0.15) is 16.1 Å². The molecule has 0 N–H and O–H groups in total. The van der Waals surface area contributed by atoms with Crippen LogP contribution in [0.4, 0.5) is 13.2 Å². The molecule has 1 aliphatic heterocycles. The number of hydrogen-bond donors (Lipinski definition) is 0. The number of alkyl halides is 3. The van der Waals surface area contributed by atoms with Gasteiger partial charge in [0.25, 0.3) is 5.91 Å². The van der Waals surface area contributed by atoms with Gasteiger partial charge < -0.3 is 14.1 Å². The topological polar surface area (TPSA) is 76.8 Å². The van der Waals surface area contributed by atoms with E-state index in [1.165, 1.54) is 23.3 Å². The molecule has 1 fully saturated rings. The normalized spacial score (nSPS) is 15.6. The van der Waals surface area contributed by atoms with Crippen LogP contribution in [-0.2, 0) is 15.6 Å². The Morgan fingerprint density at radius 3 is 2.38 bits per heavy atom. The first kappa shape index (κ1) is 18.3. The van der Waals surface area contributed by atoms with E-state index in [1.54, 1.807) is 12.1 Å². The highest BCUT2D eigenvalue weighted by molar-refractivity contribution is 7.91. The van der Waals surface area contributed by atoms with E-state index in [1.807, 2.05) is 0 Å². The van der Waals surface area contributed by atoms with Gasteiger partial charge in [-0.05, 0) is 36.4 Å². The van der Waals surface area contributed by atoms with Crippen LogP contribution in [0.2, 0.25) is 0 Å². The smallest absolute Gasteiger partial charge is 0.468 e. The third kappa shape index (κ3) is 4.18. The van der Waals surface area contributed by atoms with Crippen molar-refractivity contribution in [2.75, 3.05) is 13.1 Å². The average molecular weight is 389 g/mol. The zero-order valence-corrected chi connectivity index (χ0v) is 14.1. The van der Waals surface area contributed by atoms with Crippen molar-refractivity contribution >= 4 is 15.7 Å². The third-order valence-corrected chi connectivity index (χ3v) is 5.90. The molecular formula is C16H14F3NO5S. The Bertz CT molecular complexity index is 870. The van der Waals surface area contributed by atoms with Crippen molar-refractivity contribution in [3.63, 3.8) is 0 Å². The predicted octanol–water partition coefficient (Wildman–Crippen LogP) is 2.62. The molecule has 2 aromatic rings. The molecule has 26 heavy (non-hydrogen) atoms. The molecule has 2 heterocycles. The van der Waals surface area contributed by atoms with Crippen molar-refractivity contribution in [1.29, 1.82) is 0 Å². The molecule has 6 nitrogen and oxygen atoms in total. The van der Waals surface area contributed by atoms with Gasteiger partial charge in [0.15, 0.2) is 9.84 Å². The van der Waals surface area contributed by atoms with Crippen LogP contribution in [-0.4, -0.2) is 43.9 Å². The number of amides is 1. The highest BCUT2D eigenvalue weighted by Crippen LogP contribution is 2.25. The Balaban J connectivity index is 1.58. The molecule has 0 aliphatic carbocycles. The van der Waals surface area contributed by atoms with Crippen molar-refractivity contribution < 1.29 is 35.5 Å². The maximum atomic E-state index is 12.3. The molecule has 140 valence electrons. The molecule has 0 spiro atoms. The molecule has 0 unspecified atom stereocenters. The molecule has 1 aromatic heterocycles. The van der Waals surface area contributed by atoms with Gasteiger partial charge in [0.1, 0.15) is 17.3 Å². The Kier molecular flexibility index (Phi) is 4.70. The maximum Gasteiger partial charge on any atom is 0.573 e. The fraction of sp³-hybridized carbons (Fsp3) is 0.312. The molecule has 0 radical (unpaired) electrons. The summed E-state index contributed by atoms with van der Waals surface area (Å²) in [5.41, 5.74) is 0.154. The minimum Gasteiger partial charge on any atom is -0.468 e. The lowest BCUT2D eigenvalue weighted by Crippen LogP contribution is -2.57. The zero-order valence-electron chi connectivity index (χ0n) is 13.3. The van der Waals surface area contributed by atoms with Crippen molar-refractivity contribution in [2.45, 2.75) is 17.4 Å². The van der Waals surface area contributed by atoms with E-state index in [-0.39, 0.29) is 24.4 Å². The molecule has 1 aromatic carbocycles. The number of benzene rings is 1. The van der Waals surface area contributed by atoms with E-state index in [0.717, 1.165) is 12.1 Å². The van der Waals surface area contributed by atoms with Gasteiger partial charge >= 0.3 is 6.36 Å². The number of sulfone groups is 1. The summed E-state index contributed by atoms with van der Waals surface area (Å²) in [6, 6.07) is 7.62. The number of rotatable bonds is 5. The van der Waals surface area contributed by atoms with E-state index in [9.17, 15) is 26.4 Å². The standard InChI is InChI=1S/C16H14F3NO5S/c17-16(18,19)25-12-5-3-11(4-6-12)15(21)20-8-14(9-20)26(22,23)10-13-2-1-7-24-13/h1-7,14H,8-10H2. The van der Waals surface area contributed by atoms with Crippen molar-refractivity contribution in [1.82, 2.24) is 4.90 Å². The number of likely N-dealkylation sites (tertiary alicyclic amines) is 1. The van der Waals surface area contributed by atoms with Crippen molar-refractivity contribution in [2.24, 2.45) is 0 Å². The number of carbonyl (C=O) groups excluding carboxylic acids is 1. The van der Waals surface area contributed by atoms with E-state index < -0.39 is 33.1 Å². The SMILES string of the molecule is O=C(c1ccc(OC(F)(F)F)cc1)N1CC(S(=O)(=O)Cc2ccco2)C1. The lowest BCUT2D eigenvalue weighted by molar-refractivity contribution is -0.274. The number of hydrogen-bond acceptors (Lipinski definition) is 5. The van der Waals surface area contributed by atoms with Crippen LogP contribution in [0, 0.1) is 0 Å². The van der Waals surface area contributed by atoms with Gasteiger partial charge in [-0.2, -0.15) is 0 Å². The first-order valence-electron chi connectivity index (χ1n) is 7.53. The summed E-state index contributed by atoms with van der Waals surface area (Å²) >= 11 is 0. The molecule has 10 heteroatoms. The van der Waals surface area contributed by atoms with E-state index in [0.29, 0.717) is 5.76 Å². The lowest BCUT2D eigenvalue weighted by Gasteiger charge is -2.38. The number of furan rings is 1. The number of nitrogens with zero attached hydrogens (tertiary/aromatic N) is 1. The summed E-state index contributed by atoms with van der Waals surface area (Å²) in [6.07, 6.45) is -3.42. The van der Waals surface area contributed by atoms with Gasteiger partial charge in [-0.1, -0.05) is 0 Å². The molecule has 0 bridgehead atoms. The highest BCUT2D eigenvalue weighted by atomic mass is 32.2. The Morgan fingerprint density at radius 1 is 1.19 bits per heavy atom. The maximum absolute atomic E-state index is 12.3. The highest BCUT2D eigenvalue weighted by Gasteiger charge is 2.40. The van der Waals surface area contributed by atoms with E-state index >= 15 is 0 Å². The summed E-state index contributed by atoms with van der Waals surface area (Å²) < 4.78 is 69.6. The molecule has 3 rings (SSSR count). The van der Waals surface area contributed by atoms with Crippen LogP contribution >= 0.6 is 0 Å². The van der Waals surface area contributed by atoms with Gasteiger partial charge in [-0.15, -0.1) is 13.2 Å². The van der Waals surface area contributed by atoms with Crippen LogP contribution in [0.5, 0.6) is 5.75 Å². The second kappa shape index (κ2) is 6.67. The first-order chi connectivity index (χ1) is 12.1. The third-order valence-electron chi connectivity index (χ3n) is 3.90. The molecular weight excluding hydrogens is 375 g/mol. The van der Waals surface area contributed by atoms with E-state index in [4.69, 9.17) is 4.42 Å². The molecule has 0 atom stereocenters. The Labute approximate surface area is 147 Å². The average Bonchev–Trinajstić information content (AvgIpc) is 2.96. The summed E-state index contributed by atoms with van der Waals surface area (Å²) in [6.45, 7) is 0.0609. The fourth-order valence-electron chi connectivity index (χ4n) is 2.52. The van der Waals surface area contributed by atoms with Crippen LogP contribution < -0.4 is 4.74 Å². The second-order valence-electron chi connectivity index (χ2n) is 5.79. The van der Waals surface area contributed by atoms with Gasteiger partial charge in [0.05, 0.1) is 11.5 Å². The Morgan fingerprint density at radius 2 is 1.85 bits per heavy atom. The Hall–Kier alpha value is -2.49. The molecule has 0 saturated carbocycles. The molecule has 1 aliphatic rings. The monoisotopic (exact) mass is 389 g/mol. The summed E-state index contributed by atoms with van der Waals surface area (Å²) in [5.74, 6) is -0.796. The van der Waals surface area contributed by atoms with Crippen LogP contribution in [0.25, 0.3) is 0 Å². The van der Waals surface area contributed by atoms with Crippen molar-refractivity contribution in [3.8, 4) is 5.75 Å². The summed E-state index contributed by atoms with van der Waals surface area (Å²) in [7, 11) is -3.45. The van der Waals surface area contributed by atoms with Gasteiger partial charge in [0, 0.05) is 18.7 Å². The zero-order chi connectivity index (χ0) is 18.9. The van der Waals surface area contributed by atoms with E-state index in [2.05, 4.69) is 4.74 Å². The van der Waals surface area contributed by atoms with Gasteiger partial charge in [-0.25, -0.2) is 8.42 Å². The second-order valence-corrected chi connectivity index (χ2v) is 8.07. The van der Waals surface area contributed by atoms with Crippen LogP contribution in [0.15, 0.2) is 47.1 Å². The molecule has 1 saturated heterocycles. The summed E-state index contributed by atoms with van der Waals surface area (Å²) in [5, 5.41) is -0.690. The predicted molar refractivity (Wildman–Crippen MR) is 84.1 cm³/mol. The van der Waals surface area contributed by atoms with Gasteiger partial charge in [-0.3, -0.25) is 4.79 Å². The molecule has 1 amide bonds. The minimum atomic E-state index is -4.81. The largest absolute Gasteiger partial charge is 0.573 e. The van der Waals surface area contributed by atoms with Gasteiger partial charge in [0.2, 0.25) is 0 Å². The summed E-state index contributed by atoms with van der Waals surface area (Å²) in [4.78, 5) is 13.6. The van der Waals surface area contributed by atoms with Crippen molar-refractivity contribution in [3.05, 3.63) is 54.0 Å². The number of halogens is 3. The lowest BCUT2D eigenvalue weighted by atomic mass is 10.1. The quantitative estimate of drug-likeness (QED) is 0.786. The first-order valence-corrected chi connectivity index (χ1v) is 9.25.